The highest BCUT2D eigenvalue weighted by molar-refractivity contribution is 4.84. The summed E-state index contributed by atoms with van der Waals surface area (Å²) < 4.78 is 13.1. The van der Waals surface area contributed by atoms with Crippen molar-refractivity contribution in [3.05, 3.63) is 5.82 Å². The van der Waals surface area contributed by atoms with Gasteiger partial charge >= 0.3 is 0 Å². The van der Waals surface area contributed by atoms with Crippen molar-refractivity contribution in [2.75, 3.05) is 26.3 Å². The summed E-state index contributed by atoms with van der Waals surface area (Å²) in [5.74, 6) is 1.51. The number of aryl methyl sites for hydroxylation is 1. The number of hydrogen-bond acceptors (Lipinski definition) is 6. The van der Waals surface area contributed by atoms with Crippen LogP contribution in [0.5, 0.6) is 0 Å². The minimum Gasteiger partial charge on any atom is -0.350 e. The molecule has 0 amide bonds. The van der Waals surface area contributed by atoms with Crippen LogP contribution in [0.25, 0.3) is 0 Å². The van der Waals surface area contributed by atoms with Gasteiger partial charge < -0.3 is 9.47 Å². The summed E-state index contributed by atoms with van der Waals surface area (Å²) in [4.78, 5) is 2.42. The van der Waals surface area contributed by atoms with Crippen LogP contribution in [0, 0.1) is 5.92 Å². The fourth-order valence-electron chi connectivity index (χ4n) is 2.95. The maximum absolute atomic E-state index is 5.61. The Morgan fingerprint density at radius 1 is 1.20 bits per heavy atom. The molecule has 112 valence electrons. The van der Waals surface area contributed by atoms with Crippen molar-refractivity contribution >= 4 is 0 Å². The summed E-state index contributed by atoms with van der Waals surface area (Å²) in [5.41, 5.74) is 0. The van der Waals surface area contributed by atoms with E-state index in [0.717, 1.165) is 64.5 Å². The first-order valence-electron chi connectivity index (χ1n) is 7.57. The first-order valence-corrected chi connectivity index (χ1v) is 7.57. The van der Waals surface area contributed by atoms with Crippen LogP contribution in [-0.2, 0) is 22.6 Å². The molecular formula is C13H23N5O2. The molecule has 3 rings (SSSR count). The van der Waals surface area contributed by atoms with Crippen molar-refractivity contribution in [2.45, 2.75) is 45.6 Å². The van der Waals surface area contributed by atoms with Crippen molar-refractivity contribution in [2.24, 2.45) is 5.92 Å². The van der Waals surface area contributed by atoms with Crippen molar-refractivity contribution in [3.63, 3.8) is 0 Å². The molecule has 0 aromatic carbocycles. The lowest BCUT2D eigenvalue weighted by Crippen LogP contribution is -2.38. The van der Waals surface area contributed by atoms with Gasteiger partial charge in [-0.15, -0.1) is 5.10 Å². The van der Waals surface area contributed by atoms with E-state index in [2.05, 4.69) is 27.3 Å². The zero-order valence-corrected chi connectivity index (χ0v) is 12.1. The van der Waals surface area contributed by atoms with E-state index in [0.29, 0.717) is 5.92 Å². The average molecular weight is 281 g/mol. The quantitative estimate of drug-likeness (QED) is 0.790. The Hall–Kier alpha value is -1.05. The zero-order valence-electron chi connectivity index (χ0n) is 12.1. The smallest absolute Gasteiger partial charge is 0.165 e. The summed E-state index contributed by atoms with van der Waals surface area (Å²) in [6.45, 7) is 7.49. The molecule has 7 heteroatoms. The third-order valence-corrected chi connectivity index (χ3v) is 4.07. The van der Waals surface area contributed by atoms with Crippen LogP contribution in [0.3, 0.4) is 0 Å². The Kier molecular flexibility index (Phi) is 4.59. The molecule has 0 radical (unpaired) electrons. The maximum atomic E-state index is 5.61. The van der Waals surface area contributed by atoms with Crippen LogP contribution in [0.4, 0.5) is 0 Å². The van der Waals surface area contributed by atoms with Gasteiger partial charge in [-0.1, -0.05) is 6.92 Å². The van der Waals surface area contributed by atoms with Crippen LogP contribution < -0.4 is 0 Å². The van der Waals surface area contributed by atoms with Gasteiger partial charge in [0, 0.05) is 12.5 Å². The second-order valence-electron chi connectivity index (χ2n) is 5.54. The monoisotopic (exact) mass is 281 g/mol. The molecule has 3 heterocycles. The predicted molar refractivity (Wildman–Crippen MR) is 71.8 cm³/mol. The van der Waals surface area contributed by atoms with E-state index in [4.69, 9.17) is 9.47 Å². The van der Waals surface area contributed by atoms with E-state index in [-0.39, 0.29) is 6.29 Å². The molecule has 2 aliphatic heterocycles. The summed E-state index contributed by atoms with van der Waals surface area (Å²) in [5, 5.41) is 12.0. The van der Waals surface area contributed by atoms with E-state index in [1.807, 2.05) is 4.68 Å². The van der Waals surface area contributed by atoms with Crippen LogP contribution in [0.1, 0.15) is 32.0 Å². The molecule has 0 bridgehead atoms. The molecule has 0 aliphatic carbocycles. The Bertz CT molecular complexity index is 411. The molecule has 0 N–H and O–H groups in total. The van der Waals surface area contributed by atoms with E-state index in [1.54, 1.807) is 0 Å². The molecule has 2 aliphatic rings. The molecule has 0 atom stereocenters. The van der Waals surface area contributed by atoms with Crippen molar-refractivity contribution < 1.29 is 9.47 Å². The van der Waals surface area contributed by atoms with Gasteiger partial charge in [-0.05, 0) is 42.8 Å². The van der Waals surface area contributed by atoms with Crippen molar-refractivity contribution in [3.8, 4) is 0 Å². The number of piperidine rings is 1. The van der Waals surface area contributed by atoms with Gasteiger partial charge in [-0.2, -0.15) is 0 Å². The summed E-state index contributed by atoms with van der Waals surface area (Å²) in [6.07, 6.45) is 3.33. The second-order valence-corrected chi connectivity index (χ2v) is 5.54. The number of tetrazole rings is 1. The molecule has 2 saturated heterocycles. The van der Waals surface area contributed by atoms with Crippen LogP contribution >= 0.6 is 0 Å². The molecule has 0 spiro atoms. The maximum Gasteiger partial charge on any atom is 0.165 e. The highest BCUT2D eigenvalue weighted by atomic mass is 16.7. The third kappa shape index (κ3) is 3.16. The van der Waals surface area contributed by atoms with E-state index < -0.39 is 0 Å². The minimum absolute atomic E-state index is 0.0301. The zero-order chi connectivity index (χ0) is 13.8. The lowest BCUT2D eigenvalue weighted by molar-refractivity contribution is -0.0979. The highest BCUT2D eigenvalue weighted by Gasteiger charge is 2.30. The number of hydrogen-bond donors (Lipinski definition) is 0. The molecule has 0 unspecified atom stereocenters. The minimum atomic E-state index is 0.0301. The number of rotatable bonds is 5. The molecule has 0 saturated carbocycles. The van der Waals surface area contributed by atoms with Crippen LogP contribution in [-0.4, -0.2) is 57.7 Å². The fourth-order valence-corrected chi connectivity index (χ4v) is 2.95. The largest absolute Gasteiger partial charge is 0.350 e. The molecule has 1 aromatic rings. The molecule has 1 aromatic heterocycles. The summed E-state index contributed by atoms with van der Waals surface area (Å²) in [7, 11) is 0. The fraction of sp³-hybridized carbons (Fsp3) is 0.923. The number of ether oxygens (including phenoxy) is 2. The third-order valence-electron chi connectivity index (χ3n) is 4.07. The van der Waals surface area contributed by atoms with E-state index in [9.17, 15) is 0 Å². The Morgan fingerprint density at radius 2 is 1.95 bits per heavy atom. The van der Waals surface area contributed by atoms with E-state index in [1.165, 1.54) is 0 Å². The van der Waals surface area contributed by atoms with Gasteiger partial charge in [0.1, 0.15) is 0 Å². The summed E-state index contributed by atoms with van der Waals surface area (Å²) in [6, 6.07) is 0. The molecule has 7 nitrogen and oxygen atoms in total. The lowest BCUT2D eigenvalue weighted by Gasteiger charge is -2.33. The van der Waals surface area contributed by atoms with Gasteiger partial charge in [0.25, 0.3) is 0 Å². The Morgan fingerprint density at radius 3 is 2.65 bits per heavy atom. The van der Waals surface area contributed by atoms with Gasteiger partial charge in [0.2, 0.25) is 0 Å². The molecular weight excluding hydrogens is 258 g/mol. The average Bonchev–Trinajstić information content (AvgIpc) is 3.13. The number of aromatic nitrogens is 4. The predicted octanol–water partition coefficient (Wildman–Crippen LogP) is 0.668. The van der Waals surface area contributed by atoms with Gasteiger partial charge in [-0.3, -0.25) is 4.90 Å². The van der Waals surface area contributed by atoms with Gasteiger partial charge in [0.05, 0.1) is 19.8 Å². The van der Waals surface area contributed by atoms with E-state index >= 15 is 0 Å². The lowest BCUT2D eigenvalue weighted by atomic mass is 9.96. The standard InChI is InChI=1S/C13H23N5O2/c1-2-5-18-12(14-15-16-18)10-17-6-3-11(4-7-17)13-19-8-9-20-13/h11,13H,2-10H2,1H3. The van der Waals surface area contributed by atoms with Crippen molar-refractivity contribution in [1.82, 2.24) is 25.1 Å². The molecule has 2 fully saturated rings. The summed E-state index contributed by atoms with van der Waals surface area (Å²) >= 11 is 0. The Labute approximate surface area is 119 Å². The second kappa shape index (κ2) is 6.60. The Balaban J connectivity index is 1.49. The first kappa shape index (κ1) is 13.9. The number of nitrogens with zero attached hydrogens (tertiary/aromatic N) is 5. The van der Waals surface area contributed by atoms with Crippen LogP contribution in [0.2, 0.25) is 0 Å². The first-order chi connectivity index (χ1) is 9.86. The molecule has 20 heavy (non-hydrogen) atoms. The van der Waals surface area contributed by atoms with Crippen LogP contribution in [0.15, 0.2) is 0 Å². The van der Waals surface area contributed by atoms with Gasteiger partial charge in [0.15, 0.2) is 12.1 Å². The normalized spacial score (nSPS) is 22.6. The topological polar surface area (TPSA) is 65.3 Å². The highest BCUT2D eigenvalue weighted by Crippen LogP contribution is 2.26. The SMILES string of the molecule is CCCn1nnnc1CN1CCC(C2OCCO2)CC1. The van der Waals surface area contributed by atoms with Crippen molar-refractivity contribution in [1.29, 1.82) is 0 Å². The van der Waals surface area contributed by atoms with Gasteiger partial charge in [-0.25, -0.2) is 4.68 Å². The number of likely N-dealkylation sites (tertiary alicyclic amines) is 1.